The highest BCUT2D eigenvalue weighted by atomic mass is 35.5. The van der Waals surface area contributed by atoms with Gasteiger partial charge in [-0.2, -0.15) is 0 Å². The Hall–Kier alpha value is -1.29. The summed E-state index contributed by atoms with van der Waals surface area (Å²) < 4.78 is 5.70. The first kappa shape index (κ1) is 15.1. The zero-order valence-electron chi connectivity index (χ0n) is 10.8. The number of halogens is 2. The Morgan fingerprint density at radius 2 is 1.95 bits per heavy atom. The van der Waals surface area contributed by atoms with E-state index in [0.29, 0.717) is 27.4 Å². The molecule has 2 aromatic carbocycles. The number of ether oxygens (including phenoxy) is 1. The molecule has 2 nitrogen and oxygen atoms in total. The quantitative estimate of drug-likeness (QED) is 0.839. The third-order valence-corrected chi connectivity index (χ3v) is 3.67. The van der Waals surface area contributed by atoms with Gasteiger partial charge in [-0.3, -0.25) is 0 Å². The standard InChI is InChI=1S/C15H13Cl2NOS/c1-9-6-10(15(18)20)2-3-11(9)8-19-14-5-4-12(16)7-13(14)17/h2-7H,8H2,1H3,(H2,18,20). The van der Waals surface area contributed by atoms with Gasteiger partial charge in [0.15, 0.2) is 0 Å². The second-order valence-electron chi connectivity index (χ2n) is 4.37. The Balaban J connectivity index is 2.13. The molecule has 0 aliphatic heterocycles. The van der Waals surface area contributed by atoms with Gasteiger partial charge >= 0.3 is 0 Å². The normalized spacial score (nSPS) is 10.3. The van der Waals surface area contributed by atoms with Crippen molar-refractivity contribution in [3.63, 3.8) is 0 Å². The lowest BCUT2D eigenvalue weighted by Crippen LogP contribution is -2.10. The zero-order valence-corrected chi connectivity index (χ0v) is 13.1. The third-order valence-electron chi connectivity index (χ3n) is 2.90. The summed E-state index contributed by atoms with van der Waals surface area (Å²) in [6.45, 7) is 2.41. The van der Waals surface area contributed by atoms with Crippen LogP contribution in [0.1, 0.15) is 16.7 Å². The molecule has 2 rings (SSSR count). The molecule has 0 aromatic heterocycles. The first-order chi connectivity index (χ1) is 9.47. The van der Waals surface area contributed by atoms with Crippen LogP contribution in [0.25, 0.3) is 0 Å². The topological polar surface area (TPSA) is 35.2 Å². The van der Waals surface area contributed by atoms with Crippen LogP contribution in [0.4, 0.5) is 0 Å². The number of rotatable bonds is 4. The molecule has 2 aromatic rings. The van der Waals surface area contributed by atoms with Gasteiger partial charge in [0, 0.05) is 10.6 Å². The van der Waals surface area contributed by atoms with Gasteiger partial charge in [-0.05, 0) is 42.3 Å². The summed E-state index contributed by atoms with van der Waals surface area (Å²) in [7, 11) is 0. The lowest BCUT2D eigenvalue weighted by molar-refractivity contribution is 0.305. The summed E-state index contributed by atoms with van der Waals surface area (Å²) in [4.78, 5) is 0.390. The largest absolute Gasteiger partial charge is 0.487 e. The predicted molar refractivity (Wildman–Crippen MR) is 87.9 cm³/mol. The molecule has 0 radical (unpaired) electrons. The van der Waals surface area contributed by atoms with Crippen LogP contribution in [0, 0.1) is 6.92 Å². The summed E-state index contributed by atoms with van der Waals surface area (Å²) in [6.07, 6.45) is 0. The van der Waals surface area contributed by atoms with Gasteiger partial charge in [-0.1, -0.05) is 47.6 Å². The van der Waals surface area contributed by atoms with Crippen molar-refractivity contribution in [3.8, 4) is 5.75 Å². The van der Waals surface area contributed by atoms with Gasteiger partial charge in [-0.25, -0.2) is 0 Å². The second-order valence-corrected chi connectivity index (χ2v) is 5.65. The molecule has 0 saturated carbocycles. The van der Waals surface area contributed by atoms with Crippen LogP contribution in [-0.2, 0) is 6.61 Å². The molecule has 20 heavy (non-hydrogen) atoms. The smallest absolute Gasteiger partial charge is 0.138 e. The molecule has 5 heteroatoms. The summed E-state index contributed by atoms with van der Waals surface area (Å²) in [6, 6.07) is 10.9. The van der Waals surface area contributed by atoms with Crippen molar-refractivity contribution in [3.05, 3.63) is 63.1 Å². The summed E-state index contributed by atoms with van der Waals surface area (Å²) in [5, 5.41) is 1.08. The van der Waals surface area contributed by atoms with Crippen molar-refractivity contribution < 1.29 is 4.74 Å². The van der Waals surface area contributed by atoms with Crippen LogP contribution in [0.3, 0.4) is 0 Å². The van der Waals surface area contributed by atoms with Gasteiger partial charge < -0.3 is 10.5 Å². The van der Waals surface area contributed by atoms with Crippen LogP contribution >= 0.6 is 35.4 Å². The van der Waals surface area contributed by atoms with E-state index in [4.69, 9.17) is 45.9 Å². The van der Waals surface area contributed by atoms with E-state index in [9.17, 15) is 0 Å². The van der Waals surface area contributed by atoms with E-state index in [2.05, 4.69) is 0 Å². The lowest BCUT2D eigenvalue weighted by Gasteiger charge is -2.11. The highest BCUT2D eigenvalue weighted by Crippen LogP contribution is 2.28. The zero-order chi connectivity index (χ0) is 14.7. The molecule has 0 atom stereocenters. The molecule has 104 valence electrons. The molecule has 0 unspecified atom stereocenters. The molecular formula is C15H13Cl2NOS. The number of benzene rings is 2. The Morgan fingerprint density at radius 3 is 2.55 bits per heavy atom. The average Bonchev–Trinajstić information content (AvgIpc) is 2.38. The monoisotopic (exact) mass is 325 g/mol. The highest BCUT2D eigenvalue weighted by Gasteiger charge is 2.06. The molecular weight excluding hydrogens is 313 g/mol. The number of aryl methyl sites for hydroxylation is 1. The number of hydrogen-bond acceptors (Lipinski definition) is 2. The summed E-state index contributed by atoms with van der Waals surface area (Å²) in [5.74, 6) is 0.605. The van der Waals surface area contributed by atoms with Crippen molar-refractivity contribution in [1.29, 1.82) is 0 Å². The Bertz CT molecular complexity index is 658. The van der Waals surface area contributed by atoms with Crippen LogP contribution in [0.15, 0.2) is 36.4 Å². The molecule has 0 heterocycles. The van der Waals surface area contributed by atoms with Gasteiger partial charge in [-0.15, -0.1) is 0 Å². The molecule has 0 aliphatic rings. The first-order valence-corrected chi connectivity index (χ1v) is 7.11. The fourth-order valence-electron chi connectivity index (χ4n) is 1.76. The van der Waals surface area contributed by atoms with E-state index in [1.807, 2.05) is 25.1 Å². The molecule has 0 spiro atoms. The van der Waals surface area contributed by atoms with Crippen LogP contribution in [0.2, 0.25) is 10.0 Å². The fraction of sp³-hybridized carbons (Fsp3) is 0.133. The molecule has 2 N–H and O–H groups in total. The van der Waals surface area contributed by atoms with Crippen LogP contribution < -0.4 is 10.5 Å². The van der Waals surface area contributed by atoms with Crippen LogP contribution in [0.5, 0.6) is 5.75 Å². The Morgan fingerprint density at radius 1 is 1.20 bits per heavy atom. The third kappa shape index (κ3) is 3.63. The maximum Gasteiger partial charge on any atom is 0.138 e. The van der Waals surface area contributed by atoms with Crippen molar-refractivity contribution in [2.45, 2.75) is 13.5 Å². The minimum absolute atomic E-state index is 0.390. The SMILES string of the molecule is Cc1cc(C(N)=S)ccc1COc1ccc(Cl)cc1Cl. The fourth-order valence-corrected chi connectivity index (χ4v) is 2.35. The first-order valence-electron chi connectivity index (χ1n) is 5.94. The van der Waals surface area contributed by atoms with Gasteiger partial charge in [0.2, 0.25) is 0 Å². The maximum atomic E-state index is 6.06. The van der Waals surface area contributed by atoms with Gasteiger partial charge in [0.05, 0.1) is 5.02 Å². The van der Waals surface area contributed by atoms with E-state index >= 15 is 0 Å². The van der Waals surface area contributed by atoms with E-state index < -0.39 is 0 Å². The van der Waals surface area contributed by atoms with Crippen molar-refractivity contribution >= 4 is 40.4 Å². The van der Waals surface area contributed by atoms with E-state index in [1.54, 1.807) is 18.2 Å². The van der Waals surface area contributed by atoms with Crippen LogP contribution in [-0.4, -0.2) is 4.99 Å². The van der Waals surface area contributed by atoms with E-state index in [0.717, 1.165) is 16.7 Å². The molecule has 0 amide bonds. The summed E-state index contributed by atoms with van der Waals surface area (Å²) in [5.41, 5.74) is 8.58. The van der Waals surface area contributed by atoms with E-state index in [1.165, 1.54) is 0 Å². The molecule has 0 aliphatic carbocycles. The lowest BCUT2D eigenvalue weighted by atomic mass is 10.1. The van der Waals surface area contributed by atoms with Crippen molar-refractivity contribution in [2.75, 3.05) is 0 Å². The molecule has 0 fully saturated rings. The van der Waals surface area contributed by atoms with Gasteiger partial charge in [0.1, 0.15) is 17.3 Å². The minimum atomic E-state index is 0.390. The van der Waals surface area contributed by atoms with E-state index in [-0.39, 0.29) is 0 Å². The highest BCUT2D eigenvalue weighted by molar-refractivity contribution is 7.80. The molecule has 0 bridgehead atoms. The van der Waals surface area contributed by atoms with Crippen molar-refractivity contribution in [1.82, 2.24) is 0 Å². The predicted octanol–water partition coefficient (Wildman–Crippen LogP) is 4.52. The summed E-state index contributed by atoms with van der Waals surface area (Å²) >= 11 is 16.9. The maximum absolute atomic E-state index is 6.06. The number of nitrogens with two attached hydrogens (primary N) is 1. The number of hydrogen-bond donors (Lipinski definition) is 1. The Kier molecular flexibility index (Phi) is 4.86. The molecule has 0 saturated heterocycles. The average molecular weight is 326 g/mol. The van der Waals surface area contributed by atoms with Crippen molar-refractivity contribution in [2.24, 2.45) is 5.73 Å². The Labute approximate surface area is 133 Å². The second kappa shape index (κ2) is 6.44. The number of thiocarbonyl (C=S) groups is 1. The minimum Gasteiger partial charge on any atom is -0.487 e. The van der Waals surface area contributed by atoms with Gasteiger partial charge in [0.25, 0.3) is 0 Å².